The number of benzene rings is 1. The first kappa shape index (κ1) is 29.4. The first-order valence-corrected chi connectivity index (χ1v) is 15.4. The van der Waals surface area contributed by atoms with Gasteiger partial charge in [0, 0.05) is 17.1 Å². The fourth-order valence-corrected chi connectivity index (χ4v) is 6.41. The smallest absolute Gasteiger partial charge is 0.423 e. The van der Waals surface area contributed by atoms with E-state index >= 15 is 8.78 Å². The number of fused-ring (bicyclic) bond motifs is 2. The van der Waals surface area contributed by atoms with Crippen LogP contribution in [0.3, 0.4) is 0 Å². The van der Waals surface area contributed by atoms with E-state index in [1.165, 1.54) is 30.5 Å². The van der Waals surface area contributed by atoms with E-state index in [0.717, 1.165) is 23.9 Å². The van der Waals surface area contributed by atoms with E-state index in [-0.39, 0.29) is 23.5 Å². The van der Waals surface area contributed by atoms with Crippen molar-refractivity contribution in [2.24, 2.45) is 11.7 Å². The van der Waals surface area contributed by atoms with Crippen molar-refractivity contribution < 1.29 is 27.5 Å². The molecule has 238 valence electrons. The zero-order valence-corrected chi connectivity index (χ0v) is 25.3. The Labute approximate surface area is 270 Å². The molecule has 5 heterocycles. The maximum atomic E-state index is 15.0. The minimum Gasteiger partial charge on any atom is -0.423 e. The number of carbonyl (C=O) groups is 2. The number of amides is 2. The lowest BCUT2D eigenvalue weighted by molar-refractivity contribution is -0.193. The van der Waals surface area contributed by atoms with Crippen LogP contribution in [0.15, 0.2) is 61.1 Å². The van der Waals surface area contributed by atoms with Crippen molar-refractivity contribution in [3.8, 4) is 16.9 Å². The lowest BCUT2D eigenvalue weighted by Gasteiger charge is -2.33. The standard InChI is InChI=1S/C33H25ClF3N7O3/c34-19-4-6-21(39-13-19)16-43-24-7-3-18(12-25(24)47-33(36,37)31(43)46)27-22-15-41-44(32(9-10-32)26-8-5-20(35)14-40-26)30(22)42-23(11-17-1-2-17)28(27)29(38)45/h3-8,12-15,17H,1-2,9-11,16H2,(H2,38,45). The van der Waals surface area contributed by atoms with E-state index < -0.39 is 29.3 Å². The zero-order valence-electron chi connectivity index (χ0n) is 24.6. The van der Waals surface area contributed by atoms with Gasteiger partial charge in [-0.05, 0) is 80.0 Å². The van der Waals surface area contributed by atoms with Crippen LogP contribution in [0.25, 0.3) is 22.2 Å². The molecule has 2 aliphatic carbocycles. The van der Waals surface area contributed by atoms with Crippen LogP contribution in [0, 0.1) is 11.7 Å². The summed E-state index contributed by atoms with van der Waals surface area (Å²) in [6.45, 7) is -0.259. The third-order valence-corrected chi connectivity index (χ3v) is 9.16. The summed E-state index contributed by atoms with van der Waals surface area (Å²) in [5.41, 5.74) is 8.20. The van der Waals surface area contributed by atoms with Crippen LogP contribution in [-0.4, -0.2) is 42.7 Å². The SMILES string of the molecule is NC(=O)c1c(CC2CC2)nc2c(cnn2C2(c3ccc(F)cn3)CC2)c1-c1ccc2c(c1)OC(F)(F)C(=O)N2Cc1ccc(Cl)cn1. The number of rotatable bonds is 8. The fraction of sp³-hybridized carbons (Fsp3) is 0.273. The molecule has 3 aliphatic rings. The Kier molecular flexibility index (Phi) is 6.55. The molecule has 0 atom stereocenters. The summed E-state index contributed by atoms with van der Waals surface area (Å²) in [7, 11) is 0. The van der Waals surface area contributed by atoms with Crippen LogP contribution in [-0.2, 0) is 23.3 Å². The highest BCUT2D eigenvalue weighted by atomic mass is 35.5. The molecule has 0 unspecified atom stereocenters. The van der Waals surface area contributed by atoms with Gasteiger partial charge in [-0.25, -0.2) is 14.1 Å². The topological polar surface area (TPSA) is 129 Å². The Morgan fingerprint density at radius 1 is 1.06 bits per heavy atom. The van der Waals surface area contributed by atoms with Gasteiger partial charge in [-0.3, -0.25) is 24.5 Å². The quantitative estimate of drug-likeness (QED) is 0.223. The monoisotopic (exact) mass is 659 g/mol. The number of primary amides is 1. The molecule has 0 bridgehead atoms. The number of pyridine rings is 3. The lowest BCUT2D eigenvalue weighted by atomic mass is 9.93. The van der Waals surface area contributed by atoms with Crippen LogP contribution in [0.1, 0.15) is 53.1 Å². The van der Waals surface area contributed by atoms with E-state index in [2.05, 4.69) is 15.1 Å². The normalized spacial score (nSPS) is 17.8. The summed E-state index contributed by atoms with van der Waals surface area (Å²) < 4.78 is 50.6. The maximum Gasteiger partial charge on any atom is 0.482 e. The van der Waals surface area contributed by atoms with E-state index in [1.54, 1.807) is 29.1 Å². The van der Waals surface area contributed by atoms with Crippen molar-refractivity contribution in [3.63, 3.8) is 0 Å². The summed E-state index contributed by atoms with van der Waals surface area (Å²) in [5, 5.41) is 5.51. The number of aromatic nitrogens is 5. The summed E-state index contributed by atoms with van der Waals surface area (Å²) in [6, 6.07) is 10.5. The second kappa shape index (κ2) is 10.5. The number of alkyl halides is 2. The van der Waals surface area contributed by atoms with Crippen molar-refractivity contribution >= 4 is 40.1 Å². The number of nitrogens with two attached hydrogens (primary N) is 1. The molecule has 2 N–H and O–H groups in total. The predicted molar refractivity (Wildman–Crippen MR) is 164 cm³/mol. The molecular weight excluding hydrogens is 635 g/mol. The summed E-state index contributed by atoms with van der Waals surface area (Å²) in [6.07, 6.45) is 3.72. The third kappa shape index (κ3) is 4.96. The Bertz CT molecular complexity index is 2100. The van der Waals surface area contributed by atoms with Gasteiger partial charge in [0.1, 0.15) is 11.4 Å². The molecule has 14 heteroatoms. The average molecular weight is 660 g/mol. The van der Waals surface area contributed by atoms with Gasteiger partial charge in [0.15, 0.2) is 11.4 Å². The van der Waals surface area contributed by atoms with Gasteiger partial charge < -0.3 is 10.5 Å². The third-order valence-electron chi connectivity index (χ3n) is 8.93. The molecule has 1 aliphatic heterocycles. The lowest BCUT2D eigenvalue weighted by Crippen LogP contribution is -2.50. The molecule has 4 aromatic heterocycles. The molecular formula is C33H25ClF3N7O3. The number of halogens is 4. The molecule has 0 spiro atoms. The van der Waals surface area contributed by atoms with E-state index in [9.17, 15) is 14.0 Å². The number of hydrogen-bond acceptors (Lipinski definition) is 7. The summed E-state index contributed by atoms with van der Waals surface area (Å²) in [4.78, 5) is 40.3. The number of nitrogens with zero attached hydrogens (tertiary/aromatic N) is 6. The van der Waals surface area contributed by atoms with Crippen LogP contribution in [0.5, 0.6) is 5.75 Å². The molecule has 10 nitrogen and oxygen atoms in total. The average Bonchev–Trinajstić information content (AvgIpc) is 3.98. The molecule has 2 fully saturated rings. The number of hydrogen-bond donors (Lipinski definition) is 1. The van der Waals surface area contributed by atoms with Gasteiger partial charge in [-0.15, -0.1) is 0 Å². The van der Waals surface area contributed by atoms with Crippen LogP contribution >= 0.6 is 11.6 Å². The Balaban J connectivity index is 1.30. The maximum absolute atomic E-state index is 15.0. The van der Waals surface area contributed by atoms with Crippen molar-refractivity contribution in [2.45, 2.75) is 50.3 Å². The molecule has 2 amide bonds. The van der Waals surface area contributed by atoms with Gasteiger partial charge in [-0.1, -0.05) is 17.7 Å². The minimum atomic E-state index is -4.17. The number of carbonyl (C=O) groups excluding carboxylic acids is 2. The predicted octanol–water partition coefficient (Wildman–Crippen LogP) is 5.79. The largest absolute Gasteiger partial charge is 0.482 e. The Hall–Kier alpha value is -5.04. The number of ether oxygens (including phenoxy) is 1. The van der Waals surface area contributed by atoms with Crippen LogP contribution < -0.4 is 15.4 Å². The van der Waals surface area contributed by atoms with Gasteiger partial charge in [-0.2, -0.15) is 13.9 Å². The van der Waals surface area contributed by atoms with Crippen molar-refractivity contribution in [3.05, 3.63) is 94.5 Å². The summed E-state index contributed by atoms with van der Waals surface area (Å²) in [5.74, 6) is -2.68. The summed E-state index contributed by atoms with van der Waals surface area (Å²) >= 11 is 5.93. The van der Waals surface area contributed by atoms with Gasteiger partial charge in [0.25, 0.3) is 5.91 Å². The molecule has 1 aromatic carbocycles. The number of anilines is 1. The van der Waals surface area contributed by atoms with E-state index in [0.29, 0.717) is 69.4 Å². The molecule has 8 rings (SSSR count). The van der Waals surface area contributed by atoms with Crippen molar-refractivity contribution in [1.29, 1.82) is 0 Å². The van der Waals surface area contributed by atoms with E-state index in [4.69, 9.17) is 27.1 Å². The minimum absolute atomic E-state index is 0.0977. The first-order chi connectivity index (χ1) is 22.5. The van der Waals surface area contributed by atoms with Crippen LogP contribution in [0.2, 0.25) is 5.02 Å². The van der Waals surface area contributed by atoms with Gasteiger partial charge in [0.05, 0.1) is 52.3 Å². The van der Waals surface area contributed by atoms with E-state index in [1.807, 2.05) is 0 Å². The fourth-order valence-electron chi connectivity index (χ4n) is 6.30. The Morgan fingerprint density at radius 3 is 2.53 bits per heavy atom. The highest BCUT2D eigenvalue weighted by Crippen LogP contribution is 2.51. The van der Waals surface area contributed by atoms with Crippen molar-refractivity contribution in [1.82, 2.24) is 24.7 Å². The second-order valence-corrected chi connectivity index (χ2v) is 12.6. The highest BCUT2D eigenvalue weighted by molar-refractivity contribution is 6.30. The molecule has 5 aromatic rings. The van der Waals surface area contributed by atoms with Gasteiger partial charge in [0.2, 0.25) is 0 Å². The highest BCUT2D eigenvalue weighted by Gasteiger charge is 2.51. The zero-order chi connectivity index (χ0) is 32.7. The second-order valence-electron chi connectivity index (χ2n) is 12.2. The van der Waals surface area contributed by atoms with Crippen LogP contribution in [0.4, 0.5) is 18.9 Å². The van der Waals surface area contributed by atoms with Crippen molar-refractivity contribution in [2.75, 3.05) is 4.90 Å². The molecule has 47 heavy (non-hydrogen) atoms. The molecule has 2 saturated carbocycles. The molecule has 0 saturated heterocycles. The van der Waals surface area contributed by atoms with Gasteiger partial charge >= 0.3 is 12.0 Å². The first-order valence-electron chi connectivity index (χ1n) is 15.0. The molecule has 0 radical (unpaired) electrons. The Morgan fingerprint density at radius 2 is 1.87 bits per heavy atom.